The van der Waals surface area contributed by atoms with Crippen LogP contribution < -0.4 is 5.56 Å². The third kappa shape index (κ3) is 3.05. The van der Waals surface area contributed by atoms with Crippen molar-refractivity contribution >= 4 is 11.0 Å². The lowest BCUT2D eigenvalue weighted by atomic mass is 10.1. The average Bonchev–Trinajstić information content (AvgIpc) is 2.97. The summed E-state index contributed by atoms with van der Waals surface area (Å²) in [6, 6.07) is 16.0. The molecule has 27 heavy (non-hydrogen) atoms. The van der Waals surface area contributed by atoms with Crippen LogP contribution in [0.3, 0.4) is 0 Å². The topological polar surface area (TPSA) is 39.8 Å². The van der Waals surface area contributed by atoms with Crippen LogP contribution in [0.5, 0.6) is 0 Å². The molecule has 0 fully saturated rings. The Morgan fingerprint density at radius 1 is 1.00 bits per heavy atom. The molecule has 0 aliphatic rings. The van der Waals surface area contributed by atoms with E-state index >= 15 is 0 Å². The van der Waals surface area contributed by atoms with Crippen LogP contribution in [-0.2, 0) is 6.54 Å². The van der Waals surface area contributed by atoms with Crippen molar-refractivity contribution in [2.45, 2.75) is 27.3 Å². The SMILES string of the molecule is Cc1ccc(-n2nc(C)c3c(C)cc(=O)n(Cc4cccc(F)c4)c32)cc1. The molecule has 0 saturated heterocycles. The summed E-state index contributed by atoms with van der Waals surface area (Å²) >= 11 is 0. The van der Waals surface area contributed by atoms with Crippen molar-refractivity contribution in [3.8, 4) is 5.69 Å². The van der Waals surface area contributed by atoms with Gasteiger partial charge in [0.05, 0.1) is 17.9 Å². The fraction of sp³-hybridized carbons (Fsp3) is 0.182. The first kappa shape index (κ1) is 17.2. The highest BCUT2D eigenvalue weighted by atomic mass is 19.1. The van der Waals surface area contributed by atoms with E-state index in [0.29, 0.717) is 0 Å². The quantitative estimate of drug-likeness (QED) is 0.546. The van der Waals surface area contributed by atoms with Crippen LogP contribution in [-0.4, -0.2) is 14.3 Å². The minimum absolute atomic E-state index is 0.127. The smallest absolute Gasteiger partial charge is 0.252 e. The van der Waals surface area contributed by atoms with Crippen molar-refractivity contribution < 1.29 is 4.39 Å². The molecule has 2 aromatic carbocycles. The molecule has 0 unspecified atom stereocenters. The largest absolute Gasteiger partial charge is 0.288 e. The Balaban J connectivity index is 2.00. The molecule has 0 N–H and O–H groups in total. The zero-order valence-electron chi connectivity index (χ0n) is 15.5. The summed E-state index contributed by atoms with van der Waals surface area (Å²) in [5.74, 6) is -0.313. The highest BCUT2D eigenvalue weighted by Crippen LogP contribution is 2.24. The molecule has 0 spiro atoms. The van der Waals surface area contributed by atoms with Crippen LogP contribution in [0.25, 0.3) is 16.7 Å². The Morgan fingerprint density at radius 3 is 2.44 bits per heavy atom. The molecular formula is C22H20FN3O. The number of benzene rings is 2. The van der Waals surface area contributed by atoms with Crippen molar-refractivity contribution in [1.82, 2.24) is 14.3 Å². The fourth-order valence-electron chi connectivity index (χ4n) is 3.50. The second kappa shape index (κ2) is 6.50. The van der Waals surface area contributed by atoms with E-state index in [2.05, 4.69) is 0 Å². The zero-order valence-corrected chi connectivity index (χ0v) is 15.5. The maximum atomic E-state index is 13.6. The van der Waals surface area contributed by atoms with Gasteiger partial charge in [-0.05, 0) is 56.2 Å². The molecule has 4 aromatic rings. The van der Waals surface area contributed by atoms with Gasteiger partial charge >= 0.3 is 0 Å². The first-order valence-electron chi connectivity index (χ1n) is 8.85. The van der Waals surface area contributed by atoms with Gasteiger partial charge in [0, 0.05) is 11.5 Å². The van der Waals surface area contributed by atoms with Gasteiger partial charge in [0.1, 0.15) is 11.5 Å². The van der Waals surface area contributed by atoms with Crippen LogP contribution in [0.4, 0.5) is 4.39 Å². The standard InChI is InChI=1S/C22H20FN3O/c1-14-7-9-19(10-8-14)26-22-21(16(3)24-26)15(2)11-20(27)25(22)13-17-5-4-6-18(23)12-17/h4-12H,13H2,1-3H3. The normalized spacial score (nSPS) is 11.3. The summed E-state index contributed by atoms with van der Waals surface area (Å²) < 4.78 is 17.1. The Kier molecular flexibility index (Phi) is 4.15. The number of aromatic nitrogens is 3. The van der Waals surface area contributed by atoms with Crippen LogP contribution in [0.2, 0.25) is 0 Å². The lowest BCUT2D eigenvalue weighted by Gasteiger charge is -2.13. The molecule has 5 heteroatoms. The molecule has 2 aromatic heterocycles. The van der Waals surface area contributed by atoms with Gasteiger partial charge in [-0.25, -0.2) is 9.07 Å². The van der Waals surface area contributed by atoms with Crippen molar-refractivity contribution in [1.29, 1.82) is 0 Å². The minimum atomic E-state index is -0.313. The van der Waals surface area contributed by atoms with Gasteiger partial charge in [0.2, 0.25) is 0 Å². The van der Waals surface area contributed by atoms with E-state index in [1.54, 1.807) is 21.4 Å². The molecule has 4 nitrogen and oxygen atoms in total. The van der Waals surface area contributed by atoms with Gasteiger partial charge < -0.3 is 0 Å². The molecule has 0 amide bonds. The highest BCUT2D eigenvalue weighted by Gasteiger charge is 2.17. The molecule has 0 aliphatic carbocycles. The number of nitrogens with zero attached hydrogens (tertiary/aromatic N) is 3. The average molecular weight is 361 g/mol. The molecular weight excluding hydrogens is 341 g/mol. The highest BCUT2D eigenvalue weighted by molar-refractivity contribution is 5.83. The third-order valence-electron chi connectivity index (χ3n) is 4.80. The molecule has 4 rings (SSSR count). The van der Waals surface area contributed by atoms with Gasteiger partial charge in [-0.3, -0.25) is 9.36 Å². The van der Waals surface area contributed by atoms with Crippen LogP contribution in [0, 0.1) is 26.6 Å². The maximum absolute atomic E-state index is 13.6. The van der Waals surface area contributed by atoms with Gasteiger partial charge in [0.25, 0.3) is 5.56 Å². The Morgan fingerprint density at radius 2 is 1.74 bits per heavy atom. The minimum Gasteiger partial charge on any atom is -0.288 e. The molecule has 0 radical (unpaired) electrons. The summed E-state index contributed by atoms with van der Waals surface area (Å²) in [5, 5.41) is 5.64. The van der Waals surface area contributed by atoms with Gasteiger partial charge in [-0.2, -0.15) is 5.10 Å². The Bertz CT molecular complexity index is 1200. The van der Waals surface area contributed by atoms with E-state index in [1.165, 1.54) is 12.1 Å². The second-order valence-corrected chi connectivity index (χ2v) is 6.91. The number of aryl methyl sites for hydroxylation is 3. The third-order valence-corrected chi connectivity index (χ3v) is 4.80. The number of hydrogen-bond donors (Lipinski definition) is 0. The van der Waals surface area contributed by atoms with Gasteiger partial charge in [0.15, 0.2) is 0 Å². The van der Waals surface area contributed by atoms with E-state index in [0.717, 1.165) is 39.1 Å². The predicted molar refractivity (Wildman–Crippen MR) is 105 cm³/mol. The number of halogens is 1. The van der Waals surface area contributed by atoms with Gasteiger partial charge in [-0.15, -0.1) is 0 Å². The lowest BCUT2D eigenvalue weighted by molar-refractivity contribution is 0.623. The van der Waals surface area contributed by atoms with Crippen LogP contribution >= 0.6 is 0 Å². The van der Waals surface area contributed by atoms with E-state index in [-0.39, 0.29) is 17.9 Å². The summed E-state index contributed by atoms with van der Waals surface area (Å²) in [6.45, 7) is 6.17. The molecule has 0 aliphatic heterocycles. The molecule has 2 heterocycles. The Labute approximate surface area is 156 Å². The number of pyridine rings is 1. The van der Waals surface area contributed by atoms with Crippen molar-refractivity contribution in [2.75, 3.05) is 0 Å². The zero-order chi connectivity index (χ0) is 19.1. The van der Waals surface area contributed by atoms with E-state index in [4.69, 9.17) is 5.10 Å². The predicted octanol–water partition coefficient (Wildman–Crippen LogP) is 4.30. The van der Waals surface area contributed by atoms with Crippen molar-refractivity contribution in [2.24, 2.45) is 0 Å². The van der Waals surface area contributed by atoms with Crippen molar-refractivity contribution in [3.63, 3.8) is 0 Å². The number of fused-ring (bicyclic) bond motifs is 1. The lowest BCUT2D eigenvalue weighted by Crippen LogP contribution is -2.22. The number of rotatable bonds is 3. The maximum Gasteiger partial charge on any atom is 0.252 e. The monoisotopic (exact) mass is 361 g/mol. The first-order chi connectivity index (χ1) is 12.9. The summed E-state index contributed by atoms with van der Waals surface area (Å²) in [7, 11) is 0. The van der Waals surface area contributed by atoms with Crippen LogP contribution in [0.15, 0.2) is 59.4 Å². The molecule has 0 atom stereocenters. The van der Waals surface area contributed by atoms with Crippen molar-refractivity contribution in [3.05, 3.63) is 93.2 Å². The van der Waals surface area contributed by atoms with E-state index < -0.39 is 0 Å². The summed E-state index contributed by atoms with van der Waals surface area (Å²) in [5.41, 5.74) is 5.12. The summed E-state index contributed by atoms with van der Waals surface area (Å²) in [4.78, 5) is 12.8. The van der Waals surface area contributed by atoms with E-state index in [1.807, 2.05) is 51.1 Å². The van der Waals surface area contributed by atoms with Crippen LogP contribution in [0.1, 0.15) is 22.4 Å². The van der Waals surface area contributed by atoms with E-state index in [9.17, 15) is 9.18 Å². The molecule has 0 bridgehead atoms. The summed E-state index contributed by atoms with van der Waals surface area (Å²) in [6.07, 6.45) is 0. The van der Waals surface area contributed by atoms with Gasteiger partial charge in [-0.1, -0.05) is 29.8 Å². The number of hydrogen-bond acceptors (Lipinski definition) is 2. The Hall–Kier alpha value is -3.21. The molecule has 136 valence electrons. The molecule has 0 saturated carbocycles. The first-order valence-corrected chi connectivity index (χ1v) is 8.85. The fourth-order valence-corrected chi connectivity index (χ4v) is 3.50. The second-order valence-electron chi connectivity index (χ2n) is 6.91.